The first-order valence-corrected chi connectivity index (χ1v) is 6.40. The van der Waals surface area contributed by atoms with Crippen molar-refractivity contribution in [2.24, 2.45) is 11.1 Å². The number of aliphatic carboxylic acids is 1. The molecule has 0 aromatic carbocycles. The standard InChI is InChI=1S/C12H21N3O4/c1-3-4-12(10(17)18)5-6-15(7-12)8(2)9(16)14-11(13)19/h8H,3-7H2,1-2H3,(H,17,18)(H3,13,14,16,19). The van der Waals surface area contributed by atoms with Gasteiger partial charge in [0, 0.05) is 13.1 Å². The highest BCUT2D eigenvalue weighted by Gasteiger charge is 2.45. The van der Waals surface area contributed by atoms with Crippen LogP contribution in [0.2, 0.25) is 0 Å². The average Bonchev–Trinajstić information content (AvgIpc) is 2.73. The number of likely N-dealkylation sites (tertiary alicyclic amines) is 1. The molecule has 1 fully saturated rings. The summed E-state index contributed by atoms with van der Waals surface area (Å²) in [5, 5.41) is 11.4. The summed E-state index contributed by atoms with van der Waals surface area (Å²) in [6.07, 6.45) is 1.88. The van der Waals surface area contributed by atoms with Gasteiger partial charge in [-0.05, 0) is 19.8 Å². The van der Waals surface area contributed by atoms with E-state index in [4.69, 9.17) is 5.73 Å². The van der Waals surface area contributed by atoms with Crippen molar-refractivity contribution in [3.05, 3.63) is 0 Å². The van der Waals surface area contributed by atoms with Gasteiger partial charge >= 0.3 is 12.0 Å². The van der Waals surface area contributed by atoms with E-state index in [-0.39, 0.29) is 0 Å². The maximum atomic E-state index is 11.7. The molecule has 7 nitrogen and oxygen atoms in total. The summed E-state index contributed by atoms with van der Waals surface area (Å²) < 4.78 is 0. The number of carbonyl (C=O) groups is 3. The molecule has 0 aromatic rings. The number of amides is 3. The maximum absolute atomic E-state index is 11.7. The zero-order chi connectivity index (χ0) is 14.6. The van der Waals surface area contributed by atoms with Crippen LogP contribution < -0.4 is 11.1 Å². The highest BCUT2D eigenvalue weighted by atomic mass is 16.4. The molecule has 108 valence electrons. The van der Waals surface area contributed by atoms with Gasteiger partial charge in [-0.15, -0.1) is 0 Å². The molecule has 0 aliphatic carbocycles. The Labute approximate surface area is 112 Å². The number of hydrogen-bond acceptors (Lipinski definition) is 4. The number of rotatable bonds is 5. The van der Waals surface area contributed by atoms with Gasteiger partial charge in [0.25, 0.3) is 0 Å². The van der Waals surface area contributed by atoms with Gasteiger partial charge < -0.3 is 10.8 Å². The summed E-state index contributed by atoms with van der Waals surface area (Å²) in [5.41, 5.74) is 4.11. The molecule has 7 heteroatoms. The van der Waals surface area contributed by atoms with Crippen LogP contribution in [0.4, 0.5) is 4.79 Å². The van der Waals surface area contributed by atoms with Crippen molar-refractivity contribution in [2.75, 3.05) is 13.1 Å². The van der Waals surface area contributed by atoms with E-state index >= 15 is 0 Å². The number of nitrogens with two attached hydrogens (primary N) is 1. The molecule has 4 N–H and O–H groups in total. The van der Waals surface area contributed by atoms with E-state index in [1.165, 1.54) is 0 Å². The van der Waals surface area contributed by atoms with E-state index in [1.807, 2.05) is 12.2 Å². The molecule has 1 saturated heterocycles. The minimum atomic E-state index is -0.894. The fraction of sp³-hybridized carbons (Fsp3) is 0.750. The number of carboxylic acids is 1. The highest BCUT2D eigenvalue weighted by molar-refractivity contribution is 5.96. The Bertz CT molecular complexity index is 385. The number of nitrogens with zero attached hydrogens (tertiary/aromatic N) is 1. The minimum absolute atomic E-state index is 0.323. The molecule has 1 aliphatic rings. The van der Waals surface area contributed by atoms with Crippen LogP contribution in [0, 0.1) is 5.41 Å². The van der Waals surface area contributed by atoms with Crippen LogP contribution in [0.5, 0.6) is 0 Å². The molecule has 2 unspecified atom stereocenters. The van der Waals surface area contributed by atoms with Crippen molar-refractivity contribution in [3.8, 4) is 0 Å². The van der Waals surface area contributed by atoms with E-state index in [9.17, 15) is 19.5 Å². The van der Waals surface area contributed by atoms with E-state index in [1.54, 1.807) is 11.8 Å². The normalized spacial score (nSPS) is 24.9. The molecule has 0 bridgehead atoms. The molecule has 0 spiro atoms. The maximum Gasteiger partial charge on any atom is 0.318 e. The Morgan fingerprint density at radius 1 is 1.47 bits per heavy atom. The molecule has 0 radical (unpaired) electrons. The second-order valence-electron chi connectivity index (χ2n) is 5.09. The Morgan fingerprint density at radius 3 is 2.58 bits per heavy atom. The molecule has 0 aromatic heterocycles. The van der Waals surface area contributed by atoms with Crippen LogP contribution >= 0.6 is 0 Å². The third-order valence-electron chi connectivity index (χ3n) is 3.74. The van der Waals surface area contributed by atoms with Crippen molar-refractivity contribution >= 4 is 17.9 Å². The monoisotopic (exact) mass is 271 g/mol. The Kier molecular flexibility index (Phi) is 4.88. The zero-order valence-electron chi connectivity index (χ0n) is 11.3. The molecule has 0 saturated carbocycles. The minimum Gasteiger partial charge on any atom is -0.481 e. The first kappa shape index (κ1) is 15.4. The number of hydrogen-bond donors (Lipinski definition) is 3. The lowest BCUT2D eigenvalue weighted by molar-refractivity contribution is -0.149. The quantitative estimate of drug-likeness (QED) is 0.658. The van der Waals surface area contributed by atoms with Crippen LogP contribution in [0.3, 0.4) is 0 Å². The second-order valence-corrected chi connectivity index (χ2v) is 5.09. The van der Waals surface area contributed by atoms with Crippen molar-refractivity contribution in [1.29, 1.82) is 0 Å². The van der Waals surface area contributed by atoms with Gasteiger partial charge in [0.15, 0.2) is 0 Å². The van der Waals surface area contributed by atoms with Crippen molar-refractivity contribution in [1.82, 2.24) is 10.2 Å². The molecule has 1 aliphatic heterocycles. The third-order valence-corrected chi connectivity index (χ3v) is 3.74. The predicted octanol–water partition coefficient (Wildman–Crippen LogP) is 0.147. The van der Waals surface area contributed by atoms with Crippen molar-refractivity contribution in [3.63, 3.8) is 0 Å². The zero-order valence-corrected chi connectivity index (χ0v) is 11.3. The number of imide groups is 1. The fourth-order valence-electron chi connectivity index (χ4n) is 2.59. The Morgan fingerprint density at radius 2 is 2.11 bits per heavy atom. The van der Waals surface area contributed by atoms with Gasteiger partial charge in [0.1, 0.15) is 0 Å². The molecule has 1 rings (SSSR count). The lowest BCUT2D eigenvalue weighted by Gasteiger charge is -2.27. The smallest absolute Gasteiger partial charge is 0.318 e. The van der Waals surface area contributed by atoms with Crippen molar-refractivity contribution in [2.45, 2.75) is 39.2 Å². The SMILES string of the molecule is CCCC1(C(=O)O)CCN(C(C)C(=O)NC(N)=O)C1. The number of carbonyl (C=O) groups excluding carboxylic acids is 2. The summed E-state index contributed by atoms with van der Waals surface area (Å²) >= 11 is 0. The largest absolute Gasteiger partial charge is 0.481 e. The fourth-order valence-corrected chi connectivity index (χ4v) is 2.59. The van der Waals surface area contributed by atoms with Gasteiger partial charge in [-0.2, -0.15) is 0 Å². The number of nitrogens with one attached hydrogen (secondary N) is 1. The molecule has 1 heterocycles. The molecule has 2 atom stereocenters. The first-order valence-electron chi connectivity index (χ1n) is 6.40. The van der Waals surface area contributed by atoms with Crippen LogP contribution in [-0.2, 0) is 9.59 Å². The molecular weight excluding hydrogens is 250 g/mol. The van der Waals surface area contributed by atoms with E-state index in [0.29, 0.717) is 25.9 Å². The number of primary amides is 1. The van der Waals surface area contributed by atoms with Gasteiger partial charge in [-0.25, -0.2) is 4.79 Å². The van der Waals surface area contributed by atoms with Crippen LogP contribution in [0.25, 0.3) is 0 Å². The van der Waals surface area contributed by atoms with Crippen molar-refractivity contribution < 1.29 is 19.5 Å². The van der Waals surface area contributed by atoms with Crippen LogP contribution in [0.15, 0.2) is 0 Å². The summed E-state index contributed by atoms with van der Waals surface area (Å²) in [6, 6.07) is -1.46. The van der Waals surface area contributed by atoms with Crippen LogP contribution in [-0.4, -0.2) is 47.0 Å². The summed E-state index contributed by atoms with van der Waals surface area (Å²) in [5.74, 6) is -1.32. The Balaban J connectivity index is 2.71. The van der Waals surface area contributed by atoms with E-state index in [2.05, 4.69) is 0 Å². The topological polar surface area (TPSA) is 113 Å². The third kappa shape index (κ3) is 3.44. The molecule has 3 amide bonds. The predicted molar refractivity (Wildman–Crippen MR) is 68.4 cm³/mol. The Hall–Kier alpha value is -1.63. The molecular formula is C12H21N3O4. The van der Waals surface area contributed by atoms with E-state index in [0.717, 1.165) is 6.42 Å². The van der Waals surface area contributed by atoms with E-state index < -0.39 is 29.4 Å². The van der Waals surface area contributed by atoms with Gasteiger partial charge in [0.2, 0.25) is 5.91 Å². The lowest BCUT2D eigenvalue weighted by atomic mass is 9.83. The number of urea groups is 1. The summed E-state index contributed by atoms with van der Waals surface area (Å²) in [4.78, 5) is 35.5. The molecule has 19 heavy (non-hydrogen) atoms. The first-order chi connectivity index (χ1) is 8.82. The number of carboxylic acid groups (broad SMARTS) is 1. The summed E-state index contributed by atoms with van der Waals surface area (Å²) in [7, 11) is 0. The second kappa shape index (κ2) is 6.01. The van der Waals surface area contributed by atoms with Crippen LogP contribution in [0.1, 0.15) is 33.1 Å². The lowest BCUT2D eigenvalue weighted by Crippen LogP contribution is -2.48. The van der Waals surface area contributed by atoms with Gasteiger partial charge in [-0.1, -0.05) is 13.3 Å². The van der Waals surface area contributed by atoms with Gasteiger partial charge in [0.05, 0.1) is 11.5 Å². The highest BCUT2D eigenvalue weighted by Crippen LogP contribution is 2.36. The van der Waals surface area contributed by atoms with Gasteiger partial charge in [-0.3, -0.25) is 19.8 Å². The average molecular weight is 271 g/mol. The summed E-state index contributed by atoms with van der Waals surface area (Å²) in [6.45, 7) is 4.43.